The van der Waals surface area contributed by atoms with E-state index in [1.54, 1.807) is 13.2 Å². The van der Waals surface area contributed by atoms with Crippen molar-refractivity contribution in [2.24, 2.45) is 0 Å². The van der Waals surface area contributed by atoms with Crippen LogP contribution in [0, 0.1) is 17.1 Å². The Morgan fingerprint density at radius 1 is 1.14 bits per heavy atom. The highest BCUT2D eigenvalue weighted by Gasteiger charge is 2.17. The fourth-order valence-corrected chi connectivity index (χ4v) is 2.24. The zero-order chi connectivity index (χ0) is 15.2. The van der Waals surface area contributed by atoms with Gasteiger partial charge in [-0.05, 0) is 42.3 Å². The van der Waals surface area contributed by atoms with Crippen LogP contribution in [0.4, 0.5) is 4.39 Å². The molecule has 4 heteroatoms. The molecule has 0 heterocycles. The molecule has 0 saturated carbocycles. The van der Waals surface area contributed by atoms with Crippen LogP contribution in [0.5, 0.6) is 11.5 Å². The third kappa shape index (κ3) is 3.51. The van der Waals surface area contributed by atoms with E-state index < -0.39 is 5.92 Å². The van der Waals surface area contributed by atoms with Crippen molar-refractivity contribution < 1.29 is 13.9 Å². The summed E-state index contributed by atoms with van der Waals surface area (Å²) in [6.45, 7) is 0. The van der Waals surface area contributed by atoms with Gasteiger partial charge in [-0.3, -0.25) is 0 Å². The Morgan fingerprint density at radius 3 is 2.62 bits per heavy atom. The predicted molar refractivity (Wildman–Crippen MR) is 78.0 cm³/mol. The van der Waals surface area contributed by atoms with Gasteiger partial charge in [0.1, 0.15) is 17.3 Å². The number of nitriles is 1. The molecule has 2 aromatic carbocycles. The molecule has 0 fully saturated rings. The van der Waals surface area contributed by atoms with Gasteiger partial charge in [0.05, 0.1) is 26.2 Å². The predicted octanol–water partition coefficient (Wildman–Crippen LogP) is 3.69. The molecule has 2 aromatic rings. The second-order valence-electron chi connectivity index (χ2n) is 4.62. The number of halogens is 1. The summed E-state index contributed by atoms with van der Waals surface area (Å²) in [4.78, 5) is 0. The second kappa shape index (κ2) is 6.76. The SMILES string of the molecule is COc1cccc(CC(C#N)c2cc(F)ccc2OC)c1. The first-order chi connectivity index (χ1) is 10.2. The fraction of sp³-hybridized carbons (Fsp3) is 0.235. The van der Waals surface area contributed by atoms with Gasteiger partial charge in [-0.2, -0.15) is 5.26 Å². The molecule has 3 nitrogen and oxygen atoms in total. The molecule has 0 amide bonds. The molecule has 0 radical (unpaired) electrons. The van der Waals surface area contributed by atoms with Crippen molar-refractivity contribution in [1.29, 1.82) is 5.26 Å². The zero-order valence-corrected chi connectivity index (χ0v) is 12.0. The molecule has 0 aliphatic carbocycles. The minimum absolute atomic E-state index is 0.378. The standard InChI is InChI=1S/C17H16FNO2/c1-20-15-5-3-4-12(9-15)8-13(11-19)16-10-14(18)6-7-17(16)21-2/h3-7,9-10,13H,8H2,1-2H3. The Morgan fingerprint density at radius 2 is 1.95 bits per heavy atom. The summed E-state index contributed by atoms with van der Waals surface area (Å²) in [7, 11) is 3.10. The number of nitrogens with zero attached hydrogens (tertiary/aromatic N) is 1. The average molecular weight is 285 g/mol. The Hall–Kier alpha value is -2.54. The molecule has 1 atom stereocenters. The van der Waals surface area contributed by atoms with Crippen molar-refractivity contribution in [2.75, 3.05) is 14.2 Å². The minimum atomic E-state index is -0.484. The highest BCUT2D eigenvalue weighted by Crippen LogP contribution is 2.30. The third-order valence-corrected chi connectivity index (χ3v) is 3.30. The number of benzene rings is 2. The van der Waals surface area contributed by atoms with E-state index in [1.165, 1.54) is 19.2 Å². The fourth-order valence-electron chi connectivity index (χ4n) is 2.24. The van der Waals surface area contributed by atoms with E-state index in [4.69, 9.17) is 9.47 Å². The molecule has 0 saturated heterocycles. The van der Waals surface area contributed by atoms with Crippen molar-refractivity contribution in [3.8, 4) is 17.6 Å². The van der Waals surface area contributed by atoms with Crippen LogP contribution in [-0.2, 0) is 6.42 Å². The Kier molecular flexibility index (Phi) is 4.78. The van der Waals surface area contributed by atoms with Gasteiger partial charge in [-0.25, -0.2) is 4.39 Å². The lowest BCUT2D eigenvalue weighted by Crippen LogP contribution is -2.04. The zero-order valence-electron chi connectivity index (χ0n) is 12.0. The molecule has 0 bridgehead atoms. The van der Waals surface area contributed by atoms with Gasteiger partial charge >= 0.3 is 0 Å². The van der Waals surface area contributed by atoms with Crippen molar-refractivity contribution in [3.05, 3.63) is 59.4 Å². The van der Waals surface area contributed by atoms with Crippen LogP contribution < -0.4 is 9.47 Å². The highest BCUT2D eigenvalue weighted by atomic mass is 19.1. The smallest absolute Gasteiger partial charge is 0.123 e. The molecule has 0 N–H and O–H groups in total. The van der Waals surface area contributed by atoms with Crippen LogP contribution >= 0.6 is 0 Å². The normalized spacial score (nSPS) is 11.5. The van der Waals surface area contributed by atoms with Crippen LogP contribution in [0.3, 0.4) is 0 Å². The summed E-state index contributed by atoms with van der Waals surface area (Å²) in [6, 6.07) is 13.9. The highest BCUT2D eigenvalue weighted by molar-refractivity contribution is 5.41. The van der Waals surface area contributed by atoms with Crippen molar-refractivity contribution in [3.63, 3.8) is 0 Å². The van der Waals surface area contributed by atoms with Gasteiger partial charge in [-0.15, -0.1) is 0 Å². The molecule has 0 aliphatic heterocycles. The van der Waals surface area contributed by atoms with E-state index in [0.29, 0.717) is 17.7 Å². The van der Waals surface area contributed by atoms with Crippen molar-refractivity contribution >= 4 is 0 Å². The van der Waals surface area contributed by atoms with Crippen LogP contribution in [0.25, 0.3) is 0 Å². The summed E-state index contributed by atoms with van der Waals surface area (Å²) in [5, 5.41) is 9.42. The maximum absolute atomic E-state index is 13.5. The first kappa shape index (κ1) is 14.9. The first-order valence-electron chi connectivity index (χ1n) is 6.54. The number of hydrogen-bond donors (Lipinski definition) is 0. The van der Waals surface area contributed by atoms with E-state index >= 15 is 0 Å². The largest absolute Gasteiger partial charge is 0.497 e. The summed E-state index contributed by atoms with van der Waals surface area (Å²) < 4.78 is 23.8. The maximum atomic E-state index is 13.5. The molecule has 2 rings (SSSR count). The van der Waals surface area contributed by atoms with Crippen molar-refractivity contribution in [2.45, 2.75) is 12.3 Å². The lowest BCUT2D eigenvalue weighted by molar-refractivity contribution is 0.406. The van der Waals surface area contributed by atoms with Gasteiger partial charge in [0.2, 0.25) is 0 Å². The minimum Gasteiger partial charge on any atom is -0.497 e. The monoisotopic (exact) mass is 285 g/mol. The number of methoxy groups -OCH3 is 2. The van der Waals surface area contributed by atoms with E-state index in [2.05, 4.69) is 6.07 Å². The van der Waals surface area contributed by atoms with Crippen LogP contribution in [-0.4, -0.2) is 14.2 Å². The van der Waals surface area contributed by atoms with E-state index in [0.717, 1.165) is 11.3 Å². The lowest BCUT2D eigenvalue weighted by Gasteiger charge is -2.14. The molecule has 0 aromatic heterocycles. The van der Waals surface area contributed by atoms with Crippen LogP contribution in [0.15, 0.2) is 42.5 Å². The molecule has 0 spiro atoms. The lowest BCUT2D eigenvalue weighted by atomic mass is 9.92. The summed E-state index contributed by atoms with van der Waals surface area (Å²) >= 11 is 0. The molecule has 0 aliphatic rings. The quantitative estimate of drug-likeness (QED) is 0.841. The van der Waals surface area contributed by atoms with Crippen LogP contribution in [0.1, 0.15) is 17.0 Å². The van der Waals surface area contributed by atoms with Gasteiger partial charge in [0.25, 0.3) is 0 Å². The van der Waals surface area contributed by atoms with Gasteiger partial charge in [0, 0.05) is 5.56 Å². The van der Waals surface area contributed by atoms with E-state index in [9.17, 15) is 9.65 Å². The number of rotatable bonds is 5. The second-order valence-corrected chi connectivity index (χ2v) is 4.62. The van der Waals surface area contributed by atoms with Gasteiger partial charge < -0.3 is 9.47 Å². The Bertz CT molecular complexity index is 664. The Balaban J connectivity index is 2.32. The number of hydrogen-bond acceptors (Lipinski definition) is 3. The molecule has 21 heavy (non-hydrogen) atoms. The van der Waals surface area contributed by atoms with Gasteiger partial charge in [-0.1, -0.05) is 12.1 Å². The third-order valence-electron chi connectivity index (χ3n) is 3.30. The van der Waals surface area contributed by atoms with E-state index in [-0.39, 0.29) is 5.82 Å². The van der Waals surface area contributed by atoms with Gasteiger partial charge in [0.15, 0.2) is 0 Å². The number of ether oxygens (including phenoxy) is 2. The topological polar surface area (TPSA) is 42.2 Å². The van der Waals surface area contributed by atoms with E-state index in [1.807, 2.05) is 24.3 Å². The molecular formula is C17H16FNO2. The van der Waals surface area contributed by atoms with Crippen LogP contribution in [0.2, 0.25) is 0 Å². The Labute approximate surface area is 123 Å². The average Bonchev–Trinajstić information content (AvgIpc) is 2.52. The summed E-state index contributed by atoms with van der Waals surface area (Å²) in [5.41, 5.74) is 1.51. The summed E-state index contributed by atoms with van der Waals surface area (Å²) in [5.74, 6) is 0.390. The molecule has 108 valence electrons. The summed E-state index contributed by atoms with van der Waals surface area (Å²) in [6.07, 6.45) is 0.466. The molecule has 1 unspecified atom stereocenters. The molecular weight excluding hydrogens is 269 g/mol. The maximum Gasteiger partial charge on any atom is 0.123 e. The first-order valence-corrected chi connectivity index (χ1v) is 6.54. The van der Waals surface area contributed by atoms with Crippen molar-refractivity contribution in [1.82, 2.24) is 0 Å².